The lowest BCUT2D eigenvalue weighted by molar-refractivity contribution is -0.137. The molecule has 0 bridgehead atoms. The fraction of sp³-hybridized carbons (Fsp3) is 0.143. The van der Waals surface area contributed by atoms with Crippen molar-refractivity contribution < 1.29 is 9.53 Å². The van der Waals surface area contributed by atoms with Crippen LogP contribution < -0.4 is 0 Å². The number of nitrogens with zero attached hydrogens (tertiary/aromatic N) is 1. The molecule has 1 heterocycles. The highest BCUT2D eigenvalue weighted by Crippen LogP contribution is 2.31. The van der Waals surface area contributed by atoms with E-state index >= 15 is 0 Å². The molecule has 98 valence electrons. The minimum Gasteiger partial charge on any atom is -0.463 e. The molecule has 0 unspecified atom stereocenters. The Labute approximate surface area is 120 Å². The summed E-state index contributed by atoms with van der Waals surface area (Å²) in [7, 11) is 0. The maximum absolute atomic E-state index is 11.3. The molecule has 0 fully saturated rings. The zero-order valence-corrected chi connectivity index (χ0v) is 11.7. The summed E-state index contributed by atoms with van der Waals surface area (Å²) in [4.78, 5) is 15.5. The lowest BCUT2D eigenvalue weighted by atomic mass is 10.1. The van der Waals surface area contributed by atoms with E-state index in [0.717, 1.165) is 10.8 Å². The SMILES string of the molecule is CCOC(=O)/C=C/c1nccc2c(Cl)c(Cl)ccc12. The molecule has 0 aliphatic rings. The zero-order valence-electron chi connectivity index (χ0n) is 10.2. The van der Waals surface area contributed by atoms with Crippen molar-refractivity contribution in [1.29, 1.82) is 0 Å². The van der Waals surface area contributed by atoms with E-state index in [1.54, 1.807) is 31.3 Å². The molecule has 19 heavy (non-hydrogen) atoms. The molecular weight excluding hydrogens is 285 g/mol. The highest BCUT2D eigenvalue weighted by molar-refractivity contribution is 6.45. The van der Waals surface area contributed by atoms with Crippen molar-refractivity contribution in [1.82, 2.24) is 4.98 Å². The van der Waals surface area contributed by atoms with Gasteiger partial charge in [0.15, 0.2) is 0 Å². The summed E-state index contributed by atoms with van der Waals surface area (Å²) in [5, 5.41) is 2.60. The number of hydrogen-bond donors (Lipinski definition) is 0. The molecule has 1 aromatic carbocycles. The van der Waals surface area contributed by atoms with E-state index in [9.17, 15) is 4.79 Å². The molecule has 0 saturated carbocycles. The molecule has 0 spiro atoms. The fourth-order valence-corrected chi connectivity index (χ4v) is 2.08. The molecule has 0 N–H and O–H groups in total. The van der Waals surface area contributed by atoms with Crippen molar-refractivity contribution >= 4 is 46.0 Å². The number of pyridine rings is 1. The van der Waals surface area contributed by atoms with Crippen molar-refractivity contribution in [3.05, 3.63) is 46.2 Å². The number of ether oxygens (including phenoxy) is 1. The Hall–Kier alpha value is -1.58. The Kier molecular flexibility index (Phi) is 4.40. The van der Waals surface area contributed by atoms with Gasteiger partial charge in [0.2, 0.25) is 0 Å². The van der Waals surface area contributed by atoms with Crippen LogP contribution in [0.5, 0.6) is 0 Å². The summed E-state index contributed by atoms with van der Waals surface area (Å²) in [6, 6.07) is 5.31. The first kappa shape index (κ1) is 13.8. The van der Waals surface area contributed by atoms with E-state index in [1.807, 2.05) is 6.07 Å². The van der Waals surface area contributed by atoms with Crippen molar-refractivity contribution in [3.8, 4) is 0 Å². The summed E-state index contributed by atoms with van der Waals surface area (Å²) < 4.78 is 4.82. The third-order valence-electron chi connectivity index (χ3n) is 2.53. The first-order valence-electron chi connectivity index (χ1n) is 5.71. The standard InChI is InChI=1S/C14H11Cl2NO2/c1-2-19-13(18)6-5-12-9-3-4-11(15)14(16)10(9)7-8-17-12/h3-8H,2H2,1H3/b6-5+. The lowest BCUT2D eigenvalue weighted by Crippen LogP contribution is -1.98. The maximum atomic E-state index is 11.3. The topological polar surface area (TPSA) is 39.2 Å². The molecule has 3 nitrogen and oxygen atoms in total. The fourth-order valence-electron chi connectivity index (χ4n) is 1.68. The summed E-state index contributed by atoms with van der Waals surface area (Å²) in [6.45, 7) is 2.09. The van der Waals surface area contributed by atoms with Crippen molar-refractivity contribution in [2.45, 2.75) is 6.92 Å². The molecule has 0 saturated heterocycles. The number of hydrogen-bond acceptors (Lipinski definition) is 3. The van der Waals surface area contributed by atoms with E-state index in [0.29, 0.717) is 22.3 Å². The van der Waals surface area contributed by atoms with Gasteiger partial charge in [-0.1, -0.05) is 29.3 Å². The highest BCUT2D eigenvalue weighted by atomic mass is 35.5. The number of carbonyl (C=O) groups is 1. The van der Waals surface area contributed by atoms with Gasteiger partial charge in [0, 0.05) is 23.0 Å². The molecular formula is C14H11Cl2NO2. The second-order valence-electron chi connectivity index (χ2n) is 3.74. The summed E-state index contributed by atoms with van der Waals surface area (Å²) in [5.41, 5.74) is 0.643. The Morgan fingerprint density at radius 3 is 2.84 bits per heavy atom. The summed E-state index contributed by atoms with van der Waals surface area (Å²) >= 11 is 12.1. The predicted molar refractivity (Wildman–Crippen MR) is 77.4 cm³/mol. The van der Waals surface area contributed by atoms with Gasteiger partial charge in [-0.25, -0.2) is 4.79 Å². The van der Waals surface area contributed by atoms with Gasteiger partial charge >= 0.3 is 5.97 Å². The number of carbonyl (C=O) groups excluding carboxylic acids is 1. The molecule has 2 aromatic rings. The van der Waals surface area contributed by atoms with Crippen LogP contribution in [0, 0.1) is 0 Å². The van der Waals surface area contributed by atoms with Crippen LogP contribution in [0.1, 0.15) is 12.6 Å². The number of esters is 1. The van der Waals surface area contributed by atoms with Gasteiger partial charge in [-0.3, -0.25) is 4.98 Å². The molecule has 0 atom stereocenters. The van der Waals surface area contributed by atoms with Crippen LogP contribution in [0.2, 0.25) is 10.0 Å². The van der Waals surface area contributed by atoms with Crippen LogP contribution in [0.15, 0.2) is 30.5 Å². The molecule has 0 aliphatic carbocycles. The zero-order chi connectivity index (χ0) is 13.8. The minimum atomic E-state index is -0.402. The first-order chi connectivity index (χ1) is 9.13. The number of aromatic nitrogens is 1. The van der Waals surface area contributed by atoms with E-state index in [1.165, 1.54) is 6.08 Å². The monoisotopic (exact) mass is 295 g/mol. The minimum absolute atomic E-state index is 0.341. The third kappa shape index (κ3) is 3.06. The largest absolute Gasteiger partial charge is 0.463 e. The van der Waals surface area contributed by atoms with Crippen LogP contribution in [-0.2, 0) is 9.53 Å². The van der Waals surface area contributed by atoms with Gasteiger partial charge in [0.1, 0.15) is 0 Å². The van der Waals surface area contributed by atoms with Gasteiger partial charge in [0.25, 0.3) is 0 Å². The molecule has 0 radical (unpaired) electrons. The normalized spacial score (nSPS) is 11.1. The van der Waals surface area contributed by atoms with E-state index in [2.05, 4.69) is 4.98 Å². The van der Waals surface area contributed by atoms with E-state index in [-0.39, 0.29) is 0 Å². The third-order valence-corrected chi connectivity index (χ3v) is 3.35. The van der Waals surface area contributed by atoms with Crippen LogP contribution >= 0.6 is 23.2 Å². The lowest BCUT2D eigenvalue weighted by Gasteiger charge is -2.04. The van der Waals surface area contributed by atoms with Crippen molar-refractivity contribution in [3.63, 3.8) is 0 Å². The predicted octanol–water partition coefficient (Wildman–Crippen LogP) is 4.12. The van der Waals surface area contributed by atoms with Gasteiger partial charge in [0.05, 0.1) is 22.3 Å². The molecule has 0 amide bonds. The van der Waals surface area contributed by atoms with Gasteiger partial charge in [-0.15, -0.1) is 0 Å². The summed E-state index contributed by atoms with van der Waals surface area (Å²) in [6.07, 6.45) is 4.56. The molecule has 1 aromatic heterocycles. The molecule has 2 rings (SSSR count). The van der Waals surface area contributed by atoms with Gasteiger partial charge in [-0.2, -0.15) is 0 Å². The first-order valence-corrected chi connectivity index (χ1v) is 6.46. The average molecular weight is 296 g/mol. The van der Waals surface area contributed by atoms with Crippen LogP contribution in [-0.4, -0.2) is 17.6 Å². The van der Waals surface area contributed by atoms with Crippen molar-refractivity contribution in [2.24, 2.45) is 0 Å². The second-order valence-corrected chi connectivity index (χ2v) is 4.52. The van der Waals surface area contributed by atoms with Crippen molar-refractivity contribution in [2.75, 3.05) is 6.61 Å². The summed E-state index contributed by atoms with van der Waals surface area (Å²) in [5.74, 6) is -0.402. The smallest absolute Gasteiger partial charge is 0.330 e. The van der Waals surface area contributed by atoms with E-state index < -0.39 is 5.97 Å². The highest BCUT2D eigenvalue weighted by Gasteiger charge is 2.07. The Bertz CT molecular complexity index is 653. The van der Waals surface area contributed by atoms with Crippen LogP contribution in [0.3, 0.4) is 0 Å². The van der Waals surface area contributed by atoms with Crippen LogP contribution in [0.4, 0.5) is 0 Å². The Morgan fingerprint density at radius 2 is 2.11 bits per heavy atom. The quantitative estimate of drug-likeness (QED) is 0.632. The Morgan fingerprint density at radius 1 is 1.32 bits per heavy atom. The number of halogens is 2. The number of fused-ring (bicyclic) bond motifs is 1. The van der Waals surface area contributed by atoms with E-state index in [4.69, 9.17) is 27.9 Å². The number of benzene rings is 1. The average Bonchev–Trinajstić information content (AvgIpc) is 2.41. The molecule has 5 heteroatoms. The maximum Gasteiger partial charge on any atom is 0.330 e. The molecule has 0 aliphatic heterocycles. The second kappa shape index (κ2) is 6.04. The van der Waals surface area contributed by atoms with Gasteiger partial charge in [-0.05, 0) is 25.1 Å². The van der Waals surface area contributed by atoms with Gasteiger partial charge < -0.3 is 4.74 Å². The Balaban J connectivity index is 2.45. The van der Waals surface area contributed by atoms with Crippen LogP contribution in [0.25, 0.3) is 16.8 Å². The number of rotatable bonds is 3.